The van der Waals surface area contributed by atoms with Gasteiger partial charge in [0.05, 0.1) is 0 Å². The van der Waals surface area contributed by atoms with Crippen molar-refractivity contribution < 1.29 is 15.0 Å². The average molecular weight is 170 g/mol. The van der Waals surface area contributed by atoms with E-state index in [4.69, 9.17) is 10.2 Å². The molecule has 0 saturated carbocycles. The van der Waals surface area contributed by atoms with Gasteiger partial charge in [0.25, 0.3) is 0 Å². The summed E-state index contributed by atoms with van der Waals surface area (Å²) >= 11 is 0. The van der Waals surface area contributed by atoms with E-state index in [1.165, 1.54) is 12.2 Å². The van der Waals surface area contributed by atoms with E-state index in [2.05, 4.69) is 0 Å². The molecule has 2 N–H and O–H groups in total. The lowest BCUT2D eigenvalue weighted by atomic mass is 10.2. The van der Waals surface area contributed by atoms with Crippen LogP contribution in [0.2, 0.25) is 0 Å². The molecule has 0 radical (unpaired) electrons. The second-order valence-electron chi connectivity index (χ2n) is 2.23. The van der Waals surface area contributed by atoms with Crippen molar-refractivity contribution in [1.82, 2.24) is 0 Å². The number of allylic oxidation sites excluding steroid dienone is 2. The zero-order chi connectivity index (χ0) is 9.23. The summed E-state index contributed by atoms with van der Waals surface area (Å²) in [5.74, 6) is -0.114. The van der Waals surface area contributed by atoms with E-state index in [1.807, 2.05) is 0 Å². The standard InChI is InChI=1S/C9H14O3/c10-7-3-1-5-9(12)6-2-4-8-11/h1-2,5-6,10-11H,3-4,7-8H2. The molecule has 0 heterocycles. The first-order chi connectivity index (χ1) is 5.81. The summed E-state index contributed by atoms with van der Waals surface area (Å²) in [5, 5.41) is 16.8. The number of ketones is 1. The second kappa shape index (κ2) is 8.17. The Morgan fingerprint density at radius 1 is 1.00 bits per heavy atom. The summed E-state index contributed by atoms with van der Waals surface area (Å²) < 4.78 is 0. The summed E-state index contributed by atoms with van der Waals surface area (Å²) in [6.45, 7) is 0.119. The number of hydrogen-bond acceptors (Lipinski definition) is 3. The normalized spacial score (nSPS) is 11.5. The first kappa shape index (κ1) is 11.1. The molecule has 0 bridgehead atoms. The highest BCUT2D eigenvalue weighted by molar-refractivity contribution is 5.99. The monoisotopic (exact) mass is 170 g/mol. The van der Waals surface area contributed by atoms with Crippen LogP contribution in [0.3, 0.4) is 0 Å². The van der Waals surface area contributed by atoms with Crippen molar-refractivity contribution >= 4 is 5.78 Å². The topological polar surface area (TPSA) is 57.5 Å². The highest BCUT2D eigenvalue weighted by Crippen LogP contribution is 1.86. The van der Waals surface area contributed by atoms with Gasteiger partial charge >= 0.3 is 0 Å². The predicted molar refractivity (Wildman–Crippen MR) is 46.7 cm³/mol. The molecule has 0 aromatic rings. The number of carbonyl (C=O) groups excluding carboxylic acids is 1. The fourth-order valence-electron chi connectivity index (χ4n) is 0.604. The van der Waals surface area contributed by atoms with Crippen molar-refractivity contribution in [2.24, 2.45) is 0 Å². The molecule has 0 spiro atoms. The van der Waals surface area contributed by atoms with Crippen molar-refractivity contribution in [1.29, 1.82) is 0 Å². The smallest absolute Gasteiger partial charge is 0.178 e. The quantitative estimate of drug-likeness (QED) is 0.568. The largest absolute Gasteiger partial charge is 0.396 e. The lowest BCUT2D eigenvalue weighted by Crippen LogP contribution is -1.86. The maximum atomic E-state index is 10.9. The van der Waals surface area contributed by atoms with Crippen LogP contribution in [0.25, 0.3) is 0 Å². The zero-order valence-corrected chi connectivity index (χ0v) is 6.94. The molecule has 0 unspecified atom stereocenters. The molecule has 12 heavy (non-hydrogen) atoms. The van der Waals surface area contributed by atoms with Gasteiger partial charge in [0, 0.05) is 13.2 Å². The summed E-state index contributed by atoms with van der Waals surface area (Å²) in [6, 6.07) is 0. The fraction of sp³-hybridized carbons (Fsp3) is 0.444. The van der Waals surface area contributed by atoms with Gasteiger partial charge in [0.2, 0.25) is 0 Å². The Morgan fingerprint density at radius 2 is 1.42 bits per heavy atom. The van der Waals surface area contributed by atoms with E-state index in [-0.39, 0.29) is 19.0 Å². The van der Waals surface area contributed by atoms with E-state index in [0.29, 0.717) is 12.8 Å². The fourth-order valence-corrected chi connectivity index (χ4v) is 0.604. The first-order valence-electron chi connectivity index (χ1n) is 3.90. The van der Waals surface area contributed by atoms with Crippen LogP contribution in [0.15, 0.2) is 24.3 Å². The number of aliphatic hydroxyl groups is 2. The summed E-state index contributed by atoms with van der Waals surface area (Å²) in [5.41, 5.74) is 0. The number of aliphatic hydroxyl groups excluding tert-OH is 2. The lowest BCUT2D eigenvalue weighted by Gasteiger charge is -1.84. The van der Waals surface area contributed by atoms with E-state index >= 15 is 0 Å². The molecule has 68 valence electrons. The van der Waals surface area contributed by atoms with Crippen LogP contribution in [0, 0.1) is 0 Å². The van der Waals surface area contributed by atoms with Crippen LogP contribution in [-0.2, 0) is 4.79 Å². The average Bonchev–Trinajstić information content (AvgIpc) is 2.06. The summed E-state index contributed by atoms with van der Waals surface area (Å²) in [4.78, 5) is 10.9. The molecule has 0 fully saturated rings. The maximum Gasteiger partial charge on any atom is 0.178 e. The van der Waals surface area contributed by atoms with Crippen molar-refractivity contribution in [2.45, 2.75) is 12.8 Å². The number of hydrogen-bond donors (Lipinski definition) is 2. The summed E-state index contributed by atoms with van der Waals surface area (Å²) in [6.07, 6.45) is 7.05. The highest BCUT2D eigenvalue weighted by atomic mass is 16.3. The molecule has 0 amide bonds. The Kier molecular flexibility index (Phi) is 7.54. The van der Waals surface area contributed by atoms with Gasteiger partial charge in [-0.25, -0.2) is 0 Å². The van der Waals surface area contributed by atoms with Gasteiger partial charge in [-0.1, -0.05) is 12.2 Å². The number of carbonyl (C=O) groups is 1. The van der Waals surface area contributed by atoms with Gasteiger partial charge in [-0.15, -0.1) is 0 Å². The van der Waals surface area contributed by atoms with Gasteiger partial charge in [-0.2, -0.15) is 0 Å². The third-order valence-electron chi connectivity index (χ3n) is 1.16. The van der Waals surface area contributed by atoms with Gasteiger partial charge < -0.3 is 10.2 Å². The third-order valence-corrected chi connectivity index (χ3v) is 1.16. The molecule has 3 heteroatoms. The van der Waals surface area contributed by atoms with Crippen LogP contribution in [0.5, 0.6) is 0 Å². The van der Waals surface area contributed by atoms with E-state index in [9.17, 15) is 4.79 Å². The Morgan fingerprint density at radius 3 is 1.75 bits per heavy atom. The molecular formula is C9H14O3. The van der Waals surface area contributed by atoms with Crippen molar-refractivity contribution in [3.63, 3.8) is 0 Å². The molecule has 3 nitrogen and oxygen atoms in total. The first-order valence-corrected chi connectivity index (χ1v) is 3.90. The van der Waals surface area contributed by atoms with Crippen molar-refractivity contribution in [3.05, 3.63) is 24.3 Å². The van der Waals surface area contributed by atoms with E-state index in [0.717, 1.165) is 0 Å². The van der Waals surface area contributed by atoms with Gasteiger partial charge in [0.1, 0.15) is 0 Å². The molecule has 0 rings (SSSR count). The molecule has 0 aliphatic heterocycles. The highest BCUT2D eigenvalue weighted by Gasteiger charge is 1.86. The second-order valence-corrected chi connectivity index (χ2v) is 2.23. The molecule has 0 aromatic carbocycles. The van der Waals surface area contributed by atoms with Gasteiger partial charge in [-0.3, -0.25) is 4.79 Å². The minimum atomic E-state index is -0.114. The molecule has 0 aromatic heterocycles. The minimum absolute atomic E-state index is 0.0597. The van der Waals surface area contributed by atoms with Crippen LogP contribution in [-0.4, -0.2) is 29.2 Å². The maximum absolute atomic E-state index is 10.9. The minimum Gasteiger partial charge on any atom is -0.396 e. The molecule has 0 saturated heterocycles. The van der Waals surface area contributed by atoms with Crippen LogP contribution < -0.4 is 0 Å². The third kappa shape index (κ3) is 7.18. The molecule has 0 atom stereocenters. The predicted octanol–water partition coefficient (Wildman–Crippen LogP) is 0.433. The number of rotatable bonds is 6. The zero-order valence-electron chi connectivity index (χ0n) is 6.94. The molecular weight excluding hydrogens is 156 g/mol. The van der Waals surface area contributed by atoms with E-state index < -0.39 is 0 Å². The van der Waals surface area contributed by atoms with Crippen molar-refractivity contribution in [3.8, 4) is 0 Å². The van der Waals surface area contributed by atoms with Gasteiger partial charge in [-0.05, 0) is 25.0 Å². The van der Waals surface area contributed by atoms with Crippen LogP contribution >= 0.6 is 0 Å². The van der Waals surface area contributed by atoms with E-state index in [1.54, 1.807) is 12.2 Å². The molecule has 0 aliphatic carbocycles. The summed E-state index contributed by atoms with van der Waals surface area (Å²) in [7, 11) is 0. The Hall–Kier alpha value is -0.930. The Bertz CT molecular complexity index is 153. The SMILES string of the molecule is O=C(C=CCCO)C=CCCO. The molecule has 0 aliphatic rings. The Balaban J connectivity index is 3.58. The van der Waals surface area contributed by atoms with Gasteiger partial charge in [0.15, 0.2) is 5.78 Å². The van der Waals surface area contributed by atoms with Crippen molar-refractivity contribution in [2.75, 3.05) is 13.2 Å². The lowest BCUT2D eigenvalue weighted by molar-refractivity contribution is -0.110. The van der Waals surface area contributed by atoms with Crippen LogP contribution in [0.1, 0.15) is 12.8 Å². The Labute approximate surface area is 72.0 Å². The van der Waals surface area contributed by atoms with Crippen LogP contribution in [0.4, 0.5) is 0 Å².